The molecule has 1 aromatic heterocycles. The maximum Gasteiger partial charge on any atom is 0.124 e. The molecule has 0 amide bonds. The van der Waals surface area contributed by atoms with E-state index in [4.69, 9.17) is 5.26 Å². The number of benzene rings is 1. The minimum Gasteiger partial charge on any atom is -0.330 e. The van der Waals surface area contributed by atoms with Gasteiger partial charge in [-0.05, 0) is 49.4 Å². The Morgan fingerprint density at radius 1 is 1.26 bits per heavy atom. The van der Waals surface area contributed by atoms with E-state index < -0.39 is 0 Å². The van der Waals surface area contributed by atoms with E-state index in [0.29, 0.717) is 12.1 Å². The highest BCUT2D eigenvalue weighted by molar-refractivity contribution is 5.34. The van der Waals surface area contributed by atoms with Gasteiger partial charge in [0.1, 0.15) is 5.82 Å². The number of hydrogen-bond acceptors (Lipinski definition) is 2. The number of nitriles is 1. The van der Waals surface area contributed by atoms with Crippen LogP contribution in [0, 0.1) is 17.1 Å². The van der Waals surface area contributed by atoms with Crippen LogP contribution in [0.4, 0.5) is 4.39 Å². The Kier molecular flexibility index (Phi) is 3.04. The third-order valence-corrected chi connectivity index (χ3v) is 3.55. The van der Waals surface area contributed by atoms with E-state index in [1.54, 1.807) is 6.07 Å². The largest absolute Gasteiger partial charge is 0.330 e. The van der Waals surface area contributed by atoms with E-state index >= 15 is 0 Å². The molecular weight excluding hydrogens is 241 g/mol. The molecule has 1 aromatic carbocycles. The predicted octanol–water partition coefficient (Wildman–Crippen LogP) is 2.82. The number of rotatable bonds is 2. The molecule has 19 heavy (non-hydrogen) atoms. The monoisotopic (exact) mass is 255 g/mol. The van der Waals surface area contributed by atoms with Crippen LogP contribution >= 0.6 is 0 Å². The number of halogens is 1. The summed E-state index contributed by atoms with van der Waals surface area (Å²) in [6, 6.07) is 6.46. The summed E-state index contributed by atoms with van der Waals surface area (Å²) < 4.78 is 15.5. The van der Waals surface area contributed by atoms with Gasteiger partial charge in [-0.1, -0.05) is 0 Å². The summed E-state index contributed by atoms with van der Waals surface area (Å²) in [5.74, 6) is -0.358. The van der Waals surface area contributed by atoms with Gasteiger partial charge in [-0.2, -0.15) is 5.26 Å². The average molecular weight is 255 g/mol. The van der Waals surface area contributed by atoms with Gasteiger partial charge in [-0.15, -0.1) is 0 Å². The smallest absolute Gasteiger partial charge is 0.124 e. The fraction of sp³-hybridized carbons (Fsp3) is 0.333. The molecule has 0 radical (unpaired) electrons. The van der Waals surface area contributed by atoms with Crippen molar-refractivity contribution in [3.05, 3.63) is 52.9 Å². The second-order valence-corrected chi connectivity index (χ2v) is 4.93. The van der Waals surface area contributed by atoms with E-state index in [-0.39, 0.29) is 5.82 Å². The normalized spacial score (nSPS) is 13.9. The van der Waals surface area contributed by atoms with E-state index in [0.717, 1.165) is 18.4 Å². The number of aromatic nitrogens is 2. The lowest BCUT2D eigenvalue weighted by atomic mass is 10.0. The van der Waals surface area contributed by atoms with E-state index in [1.165, 1.54) is 36.4 Å². The van der Waals surface area contributed by atoms with Crippen LogP contribution in [0.3, 0.4) is 0 Å². The minimum absolute atomic E-state index is 0.358. The molecule has 96 valence electrons. The van der Waals surface area contributed by atoms with E-state index in [9.17, 15) is 4.39 Å². The fourth-order valence-corrected chi connectivity index (χ4v) is 2.67. The molecule has 0 spiro atoms. The Balaban J connectivity index is 1.91. The molecule has 0 fully saturated rings. The Morgan fingerprint density at radius 2 is 2.11 bits per heavy atom. The van der Waals surface area contributed by atoms with Gasteiger partial charge in [-0.25, -0.2) is 9.37 Å². The highest BCUT2D eigenvalue weighted by Gasteiger charge is 2.15. The molecule has 4 heteroatoms. The number of hydrogen-bond donors (Lipinski definition) is 0. The van der Waals surface area contributed by atoms with E-state index in [1.807, 2.05) is 12.4 Å². The lowest BCUT2D eigenvalue weighted by Gasteiger charge is -2.14. The number of nitrogens with zero attached hydrogens (tertiary/aromatic N) is 3. The molecule has 0 saturated heterocycles. The van der Waals surface area contributed by atoms with Crippen molar-refractivity contribution in [2.24, 2.45) is 0 Å². The van der Waals surface area contributed by atoms with Crippen molar-refractivity contribution >= 4 is 0 Å². The van der Waals surface area contributed by atoms with Gasteiger partial charge in [0, 0.05) is 12.2 Å². The molecule has 0 aliphatic heterocycles. The molecule has 1 aliphatic rings. The highest BCUT2D eigenvalue weighted by Crippen LogP contribution is 2.21. The summed E-state index contributed by atoms with van der Waals surface area (Å²) in [5, 5.41) is 8.87. The Bertz CT molecular complexity index is 652. The number of imidazole rings is 1. The van der Waals surface area contributed by atoms with Gasteiger partial charge in [0.25, 0.3) is 0 Å². The average Bonchev–Trinajstić information content (AvgIpc) is 2.82. The maximum absolute atomic E-state index is 13.4. The zero-order valence-corrected chi connectivity index (χ0v) is 10.6. The first-order valence-corrected chi connectivity index (χ1v) is 6.49. The number of aryl methyl sites for hydroxylation is 1. The van der Waals surface area contributed by atoms with Gasteiger partial charge >= 0.3 is 0 Å². The zero-order valence-electron chi connectivity index (χ0n) is 10.6. The van der Waals surface area contributed by atoms with Crippen molar-refractivity contribution in [1.82, 2.24) is 9.55 Å². The van der Waals surface area contributed by atoms with Crippen molar-refractivity contribution < 1.29 is 4.39 Å². The molecule has 0 N–H and O–H groups in total. The van der Waals surface area contributed by atoms with Crippen LogP contribution in [0.15, 0.2) is 24.5 Å². The Morgan fingerprint density at radius 3 is 2.95 bits per heavy atom. The summed E-state index contributed by atoms with van der Waals surface area (Å²) in [6.07, 6.45) is 6.28. The predicted molar refractivity (Wildman–Crippen MR) is 69.1 cm³/mol. The molecule has 0 bridgehead atoms. The van der Waals surface area contributed by atoms with Crippen LogP contribution in [0.2, 0.25) is 0 Å². The zero-order chi connectivity index (χ0) is 13.2. The third-order valence-electron chi connectivity index (χ3n) is 3.55. The van der Waals surface area contributed by atoms with Gasteiger partial charge in [0.2, 0.25) is 0 Å². The van der Waals surface area contributed by atoms with Crippen LogP contribution in [0.25, 0.3) is 0 Å². The highest BCUT2D eigenvalue weighted by atomic mass is 19.1. The first-order valence-electron chi connectivity index (χ1n) is 6.49. The van der Waals surface area contributed by atoms with Crippen molar-refractivity contribution in [3.63, 3.8) is 0 Å². The summed E-state index contributed by atoms with van der Waals surface area (Å²) in [7, 11) is 0. The second kappa shape index (κ2) is 4.85. The first kappa shape index (κ1) is 11.9. The topological polar surface area (TPSA) is 41.6 Å². The van der Waals surface area contributed by atoms with Crippen LogP contribution < -0.4 is 0 Å². The summed E-state index contributed by atoms with van der Waals surface area (Å²) in [6.45, 7) is 0.578. The Labute approximate surface area is 111 Å². The molecule has 2 aromatic rings. The lowest BCUT2D eigenvalue weighted by molar-refractivity contribution is 0.614. The molecular formula is C15H14FN3. The quantitative estimate of drug-likeness (QED) is 0.828. The molecule has 0 saturated carbocycles. The van der Waals surface area contributed by atoms with Gasteiger partial charge < -0.3 is 4.57 Å². The van der Waals surface area contributed by atoms with Crippen molar-refractivity contribution in [2.45, 2.75) is 32.2 Å². The maximum atomic E-state index is 13.4. The van der Waals surface area contributed by atoms with Gasteiger partial charge in [0.05, 0.1) is 23.7 Å². The van der Waals surface area contributed by atoms with Crippen molar-refractivity contribution in [3.8, 4) is 6.07 Å². The SMILES string of the molecule is N#Cc1cc(F)cc(Cn2cnc3c2CCCC3)c1. The summed E-state index contributed by atoms with van der Waals surface area (Å²) >= 11 is 0. The van der Waals surface area contributed by atoms with Crippen LogP contribution in [0.5, 0.6) is 0 Å². The number of fused-ring (bicyclic) bond motifs is 1. The molecule has 0 unspecified atom stereocenters. The van der Waals surface area contributed by atoms with Crippen LogP contribution in [-0.4, -0.2) is 9.55 Å². The summed E-state index contributed by atoms with van der Waals surface area (Å²) in [4.78, 5) is 4.42. The van der Waals surface area contributed by atoms with E-state index in [2.05, 4.69) is 9.55 Å². The lowest BCUT2D eigenvalue weighted by Crippen LogP contribution is -2.09. The van der Waals surface area contributed by atoms with Crippen LogP contribution in [0.1, 0.15) is 35.4 Å². The van der Waals surface area contributed by atoms with Crippen molar-refractivity contribution in [1.29, 1.82) is 5.26 Å². The molecule has 3 rings (SSSR count). The summed E-state index contributed by atoms with van der Waals surface area (Å²) in [5.41, 5.74) is 3.60. The first-order chi connectivity index (χ1) is 9.26. The molecule has 1 aliphatic carbocycles. The third kappa shape index (κ3) is 2.37. The fourth-order valence-electron chi connectivity index (χ4n) is 2.67. The second-order valence-electron chi connectivity index (χ2n) is 4.93. The minimum atomic E-state index is -0.358. The van der Waals surface area contributed by atoms with Crippen LogP contribution in [-0.2, 0) is 19.4 Å². The molecule has 3 nitrogen and oxygen atoms in total. The van der Waals surface area contributed by atoms with Gasteiger partial charge in [-0.3, -0.25) is 0 Å². The molecule has 0 atom stereocenters. The standard InChI is InChI=1S/C15H14FN3/c16-13-6-11(8-17)5-12(7-13)9-19-10-18-14-3-1-2-4-15(14)19/h5-7,10H,1-4,9H2. The molecule has 1 heterocycles. The van der Waals surface area contributed by atoms with Gasteiger partial charge in [0.15, 0.2) is 0 Å². The van der Waals surface area contributed by atoms with Crippen molar-refractivity contribution in [2.75, 3.05) is 0 Å². The Hall–Kier alpha value is -2.15.